The lowest BCUT2D eigenvalue weighted by atomic mass is 10.0. The average Bonchev–Trinajstić information content (AvgIpc) is 3.62. The fourth-order valence-corrected chi connectivity index (χ4v) is 4.36. The predicted octanol–water partition coefficient (Wildman–Crippen LogP) is 7.93. The number of hydrogen-bond donors (Lipinski definition) is 1. The molecule has 0 saturated carbocycles. The summed E-state index contributed by atoms with van der Waals surface area (Å²) >= 11 is 0. The number of allylic oxidation sites excluding steroid dienone is 1. The highest BCUT2D eigenvalue weighted by molar-refractivity contribution is 6.13. The molecule has 2 aromatic rings. The molecular formula is C31H43NO3. The molecule has 0 saturated heterocycles. The Morgan fingerprint density at radius 2 is 1.51 bits per heavy atom. The Morgan fingerprint density at radius 3 is 2.14 bits per heavy atom. The molecule has 0 heterocycles. The minimum Gasteiger partial charge on any atom is -0.494 e. The zero-order valence-electron chi connectivity index (χ0n) is 21.9. The molecule has 2 atom stereocenters. The van der Waals surface area contributed by atoms with Crippen LogP contribution in [0, 0.1) is 5.92 Å². The second kappa shape index (κ2) is 14.0. The number of anilines is 1. The van der Waals surface area contributed by atoms with E-state index >= 15 is 0 Å². The van der Waals surface area contributed by atoms with Gasteiger partial charge in [0.2, 0.25) is 0 Å². The van der Waals surface area contributed by atoms with Gasteiger partial charge < -0.3 is 15.2 Å². The quantitative estimate of drug-likeness (QED) is 0.151. The molecule has 0 amide bonds. The number of hydrogen-bond acceptors (Lipinski definition) is 4. The molecule has 0 spiro atoms. The van der Waals surface area contributed by atoms with Crippen LogP contribution in [0.4, 0.5) is 5.69 Å². The molecule has 0 aromatic heterocycles. The van der Waals surface area contributed by atoms with E-state index in [1.807, 2.05) is 36.4 Å². The number of nitrogen functional groups attached to an aromatic ring is 1. The van der Waals surface area contributed by atoms with Crippen LogP contribution in [0.15, 0.2) is 54.1 Å². The van der Waals surface area contributed by atoms with Crippen molar-refractivity contribution in [1.82, 2.24) is 0 Å². The summed E-state index contributed by atoms with van der Waals surface area (Å²) in [5.41, 5.74) is 10.5. The van der Waals surface area contributed by atoms with Crippen molar-refractivity contribution in [3.05, 3.63) is 65.2 Å². The van der Waals surface area contributed by atoms with Gasteiger partial charge in [-0.15, -0.1) is 0 Å². The summed E-state index contributed by atoms with van der Waals surface area (Å²) in [7, 11) is 0. The molecule has 4 heteroatoms. The van der Waals surface area contributed by atoms with E-state index in [9.17, 15) is 4.79 Å². The number of unbranched alkanes of at least 4 members (excludes halogenated alkanes) is 7. The number of benzene rings is 2. The number of rotatable bonds is 16. The minimum absolute atomic E-state index is 0.0372. The van der Waals surface area contributed by atoms with Gasteiger partial charge in [0.05, 0.1) is 18.8 Å². The molecule has 2 aromatic carbocycles. The third-order valence-corrected chi connectivity index (χ3v) is 6.90. The van der Waals surface area contributed by atoms with Crippen LogP contribution in [-0.4, -0.2) is 19.2 Å². The standard InChI is InChI=1S/C31H43NO3/c1-4-6-7-8-9-10-11-12-21-34-27-19-15-25(16-20-27)29-28(24-13-17-26(32)18-14-24)30(29)31(33)35-22-23(3)5-2/h13-20,23,29H,4-12,21-22,32H2,1-3H3. The fraction of sp³-hybridized carbons (Fsp3) is 0.516. The Labute approximate surface area is 211 Å². The van der Waals surface area contributed by atoms with E-state index in [2.05, 4.69) is 32.9 Å². The van der Waals surface area contributed by atoms with Crippen molar-refractivity contribution in [3.63, 3.8) is 0 Å². The van der Waals surface area contributed by atoms with Gasteiger partial charge in [-0.3, -0.25) is 0 Å². The molecule has 1 aliphatic carbocycles. The average molecular weight is 478 g/mol. The first-order valence-corrected chi connectivity index (χ1v) is 13.5. The van der Waals surface area contributed by atoms with Gasteiger partial charge in [0, 0.05) is 11.6 Å². The first-order chi connectivity index (χ1) is 17.0. The lowest BCUT2D eigenvalue weighted by Crippen LogP contribution is -2.11. The Balaban J connectivity index is 1.53. The van der Waals surface area contributed by atoms with Gasteiger partial charge in [-0.05, 0) is 53.3 Å². The summed E-state index contributed by atoms with van der Waals surface area (Å²) in [4.78, 5) is 12.9. The molecule has 0 fully saturated rings. The van der Waals surface area contributed by atoms with Crippen LogP contribution in [0.1, 0.15) is 95.6 Å². The van der Waals surface area contributed by atoms with E-state index in [-0.39, 0.29) is 11.9 Å². The highest BCUT2D eigenvalue weighted by Crippen LogP contribution is 2.54. The van der Waals surface area contributed by atoms with Crippen LogP contribution in [0.25, 0.3) is 5.57 Å². The smallest absolute Gasteiger partial charge is 0.335 e. The van der Waals surface area contributed by atoms with Gasteiger partial charge in [0.1, 0.15) is 5.75 Å². The topological polar surface area (TPSA) is 61.5 Å². The summed E-state index contributed by atoms with van der Waals surface area (Å²) in [5.74, 6) is 0.989. The van der Waals surface area contributed by atoms with Crippen LogP contribution >= 0.6 is 0 Å². The molecule has 0 bridgehead atoms. The Hall–Kier alpha value is -2.75. The summed E-state index contributed by atoms with van der Waals surface area (Å²) in [6.07, 6.45) is 11.3. The molecule has 190 valence electrons. The van der Waals surface area contributed by atoms with Crippen LogP contribution < -0.4 is 10.5 Å². The van der Waals surface area contributed by atoms with Gasteiger partial charge in [0.25, 0.3) is 0 Å². The summed E-state index contributed by atoms with van der Waals surface area (Å²) in [6.45, 7) is 7.66. The van der Waals surface area contributed by atoms with Crippen molar-refractivity contribution in [1.29, 1.82) is 0 Å². The largest absolute Gasteiger partial charge is 0.494 e. The van der Waals surface area contributed by atoms with Crippen LogP contribution in [-0.2, 0) is 9.53 Å². The van der Waals surface area contributed by atoms with E-state index in [4.69, 9.17) is 15.2 Å². The minimum atomic E-state index is -0.211. The SMILES string of the molecule is CCCCCCCCCCOc1ccc(C2C(C(=O)OCC(C)CC)=C2c2ccc(N)cc2)cc1. The molecular weight excluding hydrogens is 434 g/mol. The van der Waals surface area contributed by atoms with Gasteiger partial charge in [-0.2, -0.15) is 0 Å². The predicted molar refractivity (Wildman–Crippen MR) is 145 cm³/mol. The van der Waals surface area contributed by atoms with Crippen molar-refractivity contribution in [2.45, 2.75) is 84.5 Å². The van der Waals surface area contributed by atoms with E-state index in [0.717, 1.165) is 47.5 Å². The van der Waals surface area contributed by atoms with Gasteiger partial charge in [-0.25, -0.2) is 4.79 Å². The number of esters is 1. The molecule has 0 radical (unpaired) electrons. The summed E-state index contributed by atoms with van der Waals surface area (Å²) < 4.78 is 11.6. The fourth-order valence-electron chi connectivity index (χ4n) is 4.36. The van der Waals surface area contributed by atoms with Gasteiger partial charge in [-0.1, -0.05) is 96.4 Å². The van der Waals surface area contributed by atoms with Crippen molar-refractivity contribution in [2.75, 3.05) is 18.9 Å². The maximum atomic E-state index is 12.9. The lowest BCUT2D eigenvalue weighted by molar-refractivity contribution is -0.139. The second-order valence-corrected chi connectivity index (χ2v) is 9.89. The summed E-state index contributed by atoms with van der Waals surface area (Å²) in [5, 5.41) is 0. The first-order valence-electron chi connectivity index (χ1n) is 13.5. The lowest BCUT2D eigenvalue weighted by Gasteiger charge is -2.09. The van der Waals surface area contributed by atoms with E-state index < -0.39 is 0 Å². The monoisotopic (exact) mass is 477 g/mol. The number of ether oxygens (including phenoxy) is 2. The van der Waals surface area contributed by atoms with Crippen LogP contribution in [0.5, 0.6) is 5.75 Å². The highest BCUT2D eigenvalue weighted by Gasteiger charge is 2.44. The van der Waals surface area contributed by atoms with Crippen molar-refractivity contribution >= 4 is 17.2 Å². The van der Waals surface area contributed by atoms with Crippen LogP contribution in [0.3, 0.4) is 0 Å². The van der Waals surface area contributed by atoms with Gasteiger partial charge >= 0.3 is 5.97 Å². The van der Waals surface area contributed by atoms with Crippen molar-refractivity contribution in [3.8, 4) is 5.75 Å². The molecule has 3 rings (SSSR count). The third-order valence-electron chi connectivity index (χ3n) is 6.90. The van der Waals surface area contributed by atoms with Crippen LogP contribution in [0.2, 0.25) is 0 Å². The van der Waals surface area contributed by atoms with E-state index in [0.29, 0.717) is 18.2 Å². The maximum absolute atomic E-state index is 12.9. The number of carbonyl (C=O) groups excluding carboxylic acids is 1. The first kappa shape index (κ1) is 26.8. The van der Waals surface area contributed by atoms with E-state index in [1.165, 1.54) is 44.9 Å². The molecule has 4 nitrogen and oxygen atoms in total. The van der Waals surface area contributed by atoms with Crippen molar-refractivity contribution in [2.24, 2.45) is 5.92 Å². The Bertz CT molecular complexity index is 946. The normalized spacial score (nSPS) is 15.7. The van der Waals surface area contributed by atoms with Crippen molar-refractivity contribution < 1.29 is 14.3 Å². The Morgan fingerprint density at radius 1 is 0.886 bits per heavy atom. The molecule has 2 N–H and O–H groups in total. The zero-order chi connectivity index (χ0) is 25.0. The highest BCUT2D eigenvalue weighted by atomic mass is 16.5. The molecule has 35 heavy (non-hydrogen) atoms. The van der Waals surface area contributed by atoms with Gasteiger partial charge in [0.15, 0.2) is 0 Å². The Kier molecular flexibility index (Phi) is 10.7. The molecule has 1 aliphatic rings. The number of carbonyl (C=O) groups is 1. The second-order valence-electron chi connectivity index (χ2n) is 9.89. The third kappa shape index (κ3) is 8.16. The summed E-state index contributed by atoms with van der Waals surface area (Å²) in [6, 6.07) is 15.9. The molecule has 2 unspecified atom stereocenters. The zero-order valence-corrected chi connectivity index (χ0v) is 21.9. The maximum Gasteiger partial charge on any atom is 0.335 e. The molecule has 0 aliphatic heterocycles. The number of nitrogens with two attached hydrogens (primary N) is 1. The van der Waals surface area contributed by atoms with E-state index in [1.54, 1.807) is 0 Å².